The van der Waals surface area contributed by atoms with Crippen LogP contribution in [0.1, 0.15) is 5.89 Å². The Morgan fingerprint density at radius 2 is 1.85 bits per heavy atom. The first-order valence-corrected chi connectivity index (χ1v) is 9.50. The maximum atomic E-state index is 12.4. The molecular weight excluding hydrogens is 372 g/mol. The highest BCUT2D eigenvalue weighted by atomic mass is 32.2. The Morgan fingerprint density at radius 3 is 2.67 bits per heavy atom. The van der Waals surface area contributed by atoms with E-state index in [9.17, 15) is 13.2 Å². The summed E-state index contributed by atoms with van der Waals surface area (Å²) in [6.45, 7) is 0.0773. The van der Waals surface area contributed by atoms with Gasteiger partial charge in [-0.1, -0.05) is 18.2 Å². The van der Waals surface area contributed by atoms with E-state index >= 15 is 0 Å². The molecule has 0 fully saturated rings. The van der Waals surface area contributed by atoms with Gasteiger partial charge in [0.05, 0.1) is 10.4 Å². The number of aromatic nitrogens is 3. The van der Waals surface area contributed by atoms with Gasteiger partial charge in [-0.3, -0.25) is 4.98 Å². The average molecular weight is 386 g/mol. The quantitative estimate of drug-likeness (QED) is 0.515. The van der Waals surface area contributed by atoms with Gasteiger partial charge in [0.25, 0.3) is 0 Å². The summed E-state index contributed by atoms with van der Waals surface area (Å²) in [4.78, 5) is 13.6. The number of nitrogens with one attached hydrogen (secondary N) is 2. The van der Waals surface area contributed by atoms with Gasteiger partial charge in [-0.2, -0.15) is 0 Å². The Morgan fingerprint density at radius 1 is 1.04 bits per heavy atom. The number of hydrogen-bond acceptors (Lipinski definition) is 7. The predicted molar refractivity (Wildman–Crippen MR) is 95.5 cm³/mol. The normalized spacial score (nSPS) is 11.9. The van der Waals surface area contributed by atoms with E-state index in [1.54, 1.807) is 0 Å². The van der Waals surface area contributed by atoms with Crippen molar-refractivity contribution in [2.75, 3.05) is 6.54 Å². The fourth-order valence-corrected chi connectivity index (χ4v) is 3.57. The van der Waals surface area contributed by atoms with Crippen molar-refractivity contribution in [1.29, 1.82) is 0 Å². The third kappa shape index (κ3) is 3.66. The second-order valence-electron chi connectivity index (χ2n) is 5.69. The number of nitrogens with zero attached hydrogens (tertiary/aromatic N) is 2. The fraction of sp³-hybridized carbons (Fsp3) is 0.118. The van der Waals surface area contributed by atoms with Crippen LogP contribution >= 0.6 is 0 Å². The van der Waals surface area contributed by atoms with Crippen molar-refractivity contribution in [3.8, 4) is 11.5 Å². The van der Waals surface area contributed by atoms with Gasteiger partial charge in [0.15, 0.2) is 5.58 Å². The molecule has 0 aliphatic heterocycles. The van der Waals surface area contributed by atoms with Crippen LogP contribution in [0.3, 0.4) is 0 Å². The lowest BCUT2D eigenvalue weighted by molar-refractivity contribution is 0.502. The number of H-pyrrole nitrogens is 1. The lowest BCUT2D eigenvalue weighted by Crippen LogP contribution is -2.26. The topological polar surface area (TPSA) is 131 Å². The molecular formula is C17H14N4O5S. The number of fused-ring (bicyclic) bond motifs is 1. The molecule has 2 heterocycles. The molecule has 4 rings (SSSR count). The number of benzene rings is 2. The van der Waals surface area contributed by atoms with Crippen molar-refractivity contribution in [2.24, 2.45) is 0 Å². The smallest absolute Gasteiger partial charge is 0.417 e. The standard InChI is InChI=1S/C17H14N4O5S/c22-17-19-13-7-6-12(10-14(13)25-17)27(23,24)18-9-8-15-20-21-16(26-15)11-4-2-1-3-5-11/h1-7,10,18H,8-9H2,(H,19,22). The summed E-state index contributed by atoms with van der Waals surface area (Å²) < 4.78 is 37.7. The molecule has 4 aromatic rings. The molecule has 0 aliphatic carbocycles. The molecule has 0 saturated carbocycles. The van der Waals surface area contributed by atoms with E-state index < -0.39 is 15.8 Å². The second-order valence-corrected chi connectivity index (χ2v) is 7.45. The summed E-state index contributed by atoms with van der Waals surface area (Å²) in [6, 6.07) is 13.4. The van der Waals surface area contributed by atoms with E-state index in [0.29, 0.717) is 17.3 Å². The first kappa shape index (κ1) is 17.2. The molecule has 0 atom stereocenters. The molecule has 2 aromatic carbocycles. The van der Waals surface area contributed by atoms with Crippen LogP contribution < -0.4 is 10.5 Å². The molecule has 0 aliphatic rings. The molecule has 0 unspecified atom stereocenters. The fourth-order valence-electron chi connectivity index (χ4n) is 2.52. The van der Waals surface area contributed by atoms with E-state index in [-0.39, 0.29) is 23.4 Å². The molecule has 2 aromatic heterocycles. The Kier molecular flexibility index (Phi) is 4.34. The van der Waals surface area contributed by atoms with E-state index in [0.717, 1.165) is 5.56 Å². The SMILES string of the molecule is O=c1[nH]c2ccc(S(=O)(=O)NCCc3nnc(-c4ccccc4)o3)cc2o1. The van der Waals surface area contributed by atoms with Crippen LogP contribution in [0, 0.1) is 0 Å². The Balaban J connectivity index is 1.43. The number of rotatable bonds is 6. The zero-order chi connectivity index (χ0) is 18.9. The molecule has 9 nitrogen and oxygen atoms in total. The molecule has 27 heavy (non-hydrogen) atoms. The van der Waals surface area contributed by atoms with Crippen LogP contribution in [0.2, 0.25) is 0 Å². The van der Waals surface area contributed by atoms with Crippen LogP contribution in [-0.4, -0.2) is 30.1 Å². The van der Waals surface area contributed by atoms with Crippen molar-refractivity contribution in [1.82, 2.24) is 19.9 Å². The van der Waals surface area contributed by atoms with Crippen molar-refractivity contribution in [3.05, 3.63) is 65.0 Å². The van der Waals surface area contributed by atoms with Gasteiger partial charge in [0, 0.05) is 24.6 Å². The lowest BCUT2D eigenvalue weighted by Gasteiger charge is -2.05. The second kappa shape index (κ2) is 6.82. The van der Waals surface area contributed by atoms with Crippen molar-refractivity contribution in [3.63, 3.8) is 0 Å². The number of aromatic amines is 1. The summed E-state index contributed by atoms with van der Waals surface area (Å²) in [5.74, 6) is 0.0585. The van der Waals surface area contributed by atoms with E-state index in [1.165, 1.54) is 18.2 Å². The zero-order valence-electron chi connectivity index (χ0n) is 13.9. The molecule has 0 amide bonds. The highest BCUT2D eigenvalue weighted by molar-refractivity contribution is 7.89. The van der Waals surface area contributed by atoms with Gasteiger partial charge in [0.1, 0.15) is 0 Å². The van der Waals surface area contributed by atoms with E-state index in [2.05, 4.69) is 19.9 Å². The minimum Gasteiger partial charge on any atom is -0.421 e. The molecule has 0 saturated heterocycles. The molecule has 10 heteroatoms. The van der Waals surface area contributed by atoms with Gasteiger partial charge in [-0.05, 0) is 24.3 Å². The van der Waals surface area contributed by atoms with Gasteiger partial charge >= 0.3 is 5.76 Å². The van der Waals surface area contributed by atoms with Crippen molar-refractivity contribution >= 4 is 21.1 Å². The molecule has 0 spiro atoms. The van der Waals surface area contributed by atoms with Gasteiger partial charge in [-0.25, -0.2) is 17.9 Å². The average Bonchev–Trinajstić information content (AvgIpc) is 3.27. The Labute approximate surface area is 153 Å². The van der Waals surface area contributed by atoms with Crippen LogP contribution in [0.15, 0.2) is 67.1 Å². The van der Waals surface area contributed by atoms with Crippen LogP contribution in [0.4, 0.5) is 0 Å². The number of hydrogen-bond donors (Lipinski definition) is 2. The summed E-state index contributed by atoms with van der Waals surface area (Å²) in [5.41, 5.74) is 1.39. The van der Waals surface area contributed by atoms with Gasteiger partial charge in [-0.15, -0.1) is 10.2 Å². The highest BCUT2D eigenvalue weighted by Gasteiger charge is 2.16. The maximum Gasteiger partial charge on any atom is 0.417 e. The zero-order valence-corrected chi connectivity index (χ0v) is 14.7. The first-order chi connectivity index (χ1) is 13.0. The monoisotopic (exact) mass is 386 g/mol. The minimum atomic E-state index is -3.77. The van der Waals surface area contributed by atoms with Crippen molar-refractivity contribution < 1.29 is 17.3 Å². The Bertz CT molecular complexity index is 1240. The Hall–Kier alpha value is -3.24. The third-order valence-electron chi connectivity index (χ3n) is 3.82. The van der Waals surface area contributed by atoms with Gasteiger partial charge in [0.2, 0.25) is 21.8 Å². The molecule has 0 radical (unpaired) electrons. The van der Waals surface area contributed by atoms with Gasteiger partial charge < -0.3 is 8.83 Å². The third-order valence-corrected chi connectivity index (χ3v) is 5.28. The molecule has 0 bridgehead atoms. The summed E-state index contributed by atoms with van der Waals surface area (Å²) in [7, 11) is -3.77. The largest absolute Gasteiger partial charge is 0.421 e. The number of oxazole rings is 1. The lowest BCUT2D eigenvalue weighted by atomic mass is 10.2. The summed E-state index contributed by atoms with van der Waals surface area (Å²) >= 11 is 0. The summed E-state index contributed by atoms with van der Waals surface area (Å²) in [6.07, 6.45) is 0.237. The van der Waals surface area contributed by atoms with Crippen LogP contribution in [0.25, 0.3) is 22.6 Å². The minimum absolute atomic E-state index is 0.00625. The predicted octanol–water partition coefficient (Wildman–Crippen LogP) is 1.69. The number of sulfonamides is 1. The molecule has 2 N–H and O–H groups in total. The van der Waals surface area contributed by atoms with Crippen molar-refractivity contribution in [2.45, 2.75) is 11.3 Å². The highest BCUT2D eigenvalue weighted by Crippen LogP contribution is 2.18. The molecule has 138 valence electrons. The van der Waals surface area contributed by atoms with E-state index in [4.69, 9.17) is 8.83 Å². The van der Waals surface area contributed by atoms with Crippen LogP contribution in [-0.2, 0) is 16.4 Å². The summed E-state index contributed by atoms with van der Waals surface area (Å²) in [5, 5.41) is 7.88. The first-order valence-electron chi connectivity index (χ1n) is 8.02. The van der Waals surface area contributed by atoms with E-state index in [1.807, 2.05) is 30.3 Å². The maximum absolute atomic E-state index is 12.4. The van der Waals surface area contributed by atoms with Crippen LogP contribution in [0.5, 0.6) is 0 Å².